The molecule has 2 heterocycles. The number of nitrogens with zero attached hydrogens (tertiary/aromatic N) is 3. The van der Waals surface area contributed by atoms with Gasteiger partial charge in [0.2, 0.25) is 5.88 Å². The summed E-state index contributed by atoms with van der Waals surface area (Å²) in [5.74, 6) is 0.512. The summed E-state index contributed by atoms with van der Waals surface area (Å²) in [7, 11) is 0. The van der Waals surface area contributed by atoms with Gasteiger partial charge in [0.1, 0.15) is 17.8 Å². The lowest BCUT2D eigenvalue weighted by Crippen LogP contribution is -2.04. The van der Waals surface area contributed by atoms with Crippen LogP contribution in [-0.4, -0.2) is 14.8 Å². The number of hydrogen-bond acceptors (Lipinski definition) is 3. The molecule has 0 atom stereocenters. The van der Waals surface area contributed by atoms with Gasteiger partial charge < -0.3 is 4.74 Å². The van der Waals surface area contributed by atoms with Gasteiger partial charge in [-0.1, -0.05) is 71.2 Å². The second-order valence-corrected chi connectivity index (χ2v) is 7.99. The molecule has 30 heavy (non-hydrogen) atoms. The third-order valence-corrected chi connectivity index (χ3v) is 5.63. The fourth-order valence-electron chi connectivity index (χ4n) is 3.41. The van der Waals surface area contributed by atoms with Gasteiger partial charge in [0.25, 0.3) is 0 Å². The van der Waals surface area contributed by atoms with E-state index in [1.54, 1.807) is 29.1 Å². The predicted octanol–water partition coefficient (Wildman–Crippen LogP) is 7.11. The highest BCUT2D eigenvalue weighted by Gasteiger charge is 2.20. The Hall–Kier alpha value is -2.79. The highest BCUT2D eigenvalue weighted by molar-refractivity contribution is 6.37. The maximum atomic E-state index is 6.49. The van der Waals surface area contributed by atoms with Gasteiger partial charge in [0.05, 0.1) is 20.9 Å². The number of para-hydroxylation sites is 2. The first-order chi connectivity index (χ1) is 14.6. The quantitative estimate of drug-likeness (QED) is 0.290. The fourth-order valence-corrected chi connectivity index (χ4v) is 4.18. The Morgan fingerprint density at radius 1 is 0.833 bits per heavy atom. The van der Waals surface area contributed by atoms with Crippen molar-refractivity contribution in [2.75, 3.05) is 0 Å². The predicted molar refractivity (Wildman–Crippen MR) is 122 cm³/mol. The van der Waals surface area contributed by atoms with Crippen molar-refractivity contribution in [2.45, 2.75) is 6.61 Å². The number of ether oxygens (including phenoxy) is 1. The van der Waals surface area contributed by atoms with Crippen LogP contribution >= 0.6 is 34.8 Å². The highest BCUT2D eigenvalue weighted by Crippen LogP contribution is 2.37. The van der Waals surface area contributed by atoms with Gasteiger partial charge in [-0.25, -0.2) is 0 Å². The molecule has 0 aliphatic carbocycles. The number of rotatable bonds is 4. The van der Waals surface area contributed by atoms with Crippen LogP contribution in [0, 0.1) is 0 Å². The lowest BCUT2D eigenvalue weighted by atomic mass is 10.2. The Balaban J connectivity index is 1.72. The van der Waals surface area contributed by atoms with E-state index < -0.39 is 0 Å². The smallest absolute Gasteiger partial charge is 0.226 e. The van der Waals surface area contributed by atoms with E-state index in [2.05, 4.69) is 4.98 Å². The van der Waals surface area contributed by atoms with Crippen molar-refractivity contribution in [3.8, 4) is 11.6 Å². The zero-order valence-corrected chi connectivity index (χ0v) is 17.8. The van der Waals surface area contributed by atoms with Crippen molar-refractivity contribution in [3.05, 3.63) is 93.6 Å². The molecule has 0 bridgehead atoms. The first-order valence-corrected chi connectivity index (χ1v) is 10.3. The van der Waals surface area contributed by atoms with Crippen LogP contribution in [0.5, 0.6) is 5.88 Å². The van der Waals surface area contributed by atoms with Gasteiger partial charge in [-0.15, -0.1) is 0 Å². The van der Waals surface area contributed by atoms with Crippen molar-refractivity contribution in [1.29, 1.82) is 0 Å². The van der Waals surface area contributed by atoms with E-state index in [0.717, 1.165) is 27.4 Å². The zero-order chi connectivity index (χ0) is 20.7. The second-order valence-electron chi connectivity index (χ2n) is 6.74. The zero-order valence-electron chi connectivity index (χ0n) is 15.5. The fraction of sp³-hybridized carbons (Fsp3) is 0.0435. The molecule has 0 aliphatic rings. The summed E-state index contributed by atoms with van der Waals surface area (Å²) in [6, 6.07) is 20.7. The molecular formula is C23H14Cl3N3O. The summed E-state index contributed by atoms with van der Waals surface area (Å²) in [4.78, 5) is 4.57. The van der Waals surface area contributed by atoms with Gasteiger partial charge in [-0.05, 0) is 35.9 Å². The van der Waals surface area contributed by atoms with E-state index in [-0.39, 0.29) is 0 Å². The number of fused-ring (bicyclic) bond motifs is 3. The Morgan fingerprint density at radius 3 is 2.40 bits per heavy atom. The molecule has 3 aromatic carbocycles. The number of pyridine rings is 1. The SMILES string of the molecule is Clc1cccc(COc2c3cnc4ccccc4c3nn2-c2c(Cl)cccc2Cl)c1. The molecule has 0 saturated carbocycles. The number of halogens is 3. The molecule has 0 saturated heterocycles. The molecule has 0 fully saturated rings. The summed E-state index contributed by atoms with van der Waals surface area (Å²) >= 11 is 19.1. The standard InChI is InChI=1S/C23H14Cl3N3O/c24-15-6-3-5-14(11-15)13-30-23-17-12-27-20-10-2-1-7-16(20)21(17)28-29(23)22-18(25)8-4-9-19(22)26/h1-12H,13H2. The molecule has 0 amide bonds. The summed E-state index contributed by atoms with van der Waals surface area (Å²) in [6.07, 6.45) is 1.76. The summed E-state index contributed by atoms with van der Waals surface area (Å²) < 4.78 is 7.88. The Morgan fingerprint density at radius 2 is 1.60 bits per heavy atom. The van der Waals surface area contributed by atoms with E-state index in [1.807, 2.05) is 48.5 Å². The Kier molecular flexibility index (Phi) is 4.99. The van der Waals surface area contributed by atoms with E-state index in [4.69, 9.17) is 44.6 Å². The molecule has 5 aromatic rings. The van der Waals surface area contributed by atoms with Crippen LogP contribution in [0.1, 0.15) is 5.56 Å². The maximum absolute atomic E-state index is 6.49. The molecule has 0 aliphatic heterocycles. The molecule has 0 radical (unpaired) electrons. The third-order valence-electron chi connectivity index (χ3n) is 4.78. The molecule has 0 spiro atoms. The van der Waals surface area contributed by atoms with Crippen LogP contribution in [0.25, 0.3) is 27.5 Å². The molecular weight excluding hydrogens is 441 g/mol. The normalized spacial score (nSPS) is 11.3. The van der Waals surface area contributed by atoms with Crippen LogP contribution in [0.2, 0.25) is 15.1 Å². The summed E-state index contributed by atoms with van der Waals surface area (Å²) in [6.45, 7) is 0.302. The van der Waals surface area contributed by atoms with Crippen LogP contribution in [0.4, 0.5) is 0 Å². The largest absolute Gasteiger partial charge is 0.472 e. The van der Waals surface area contributed by atoms with Crippen molar-refractivity contribution < 1.29 is 4.74 Å². The Labute approximate surface area is 187 Å². The van der Waals surface area contributed by atoms with Crippen LogP contribution in [-0.2, 0) is 6.61 Å². The molecule has 7 heteroatoms. The first kappa shape index (κ1) is 19.2. The van der Waals surface area contributed by atoms with Gasteiger partial charge in [-0.3, -0.25) is 4.98 Å². The van der Waals surface area contributed by atoms with Gasteiger partial charge in [0.15, 0.2) is 0 Å². The van der Waals surface area contributed by atoms with Crippen LogP contribution < -0.4 is 4.74 Å². The minimum absolute atomic E-state index is 0.302. The van der Waals surface area contributed by atoms with Gasteiger partial charge >= 0.3 is 0 Å². The summed E-state index contributed by atoms with van der Waals surface area (Å²) in [5.41, 5.74) is 3.10. The third kappa shape index (κ3) is 3.37. The van der Waals surface area contributed by atoms with Crippen molar-refractivity contribution in [1.82, 2.24) is 14.8 Å². The average Bonchev–Trinajstić information content (AvgIpc) is 3.11. The molecule has 0 N–H and O–H groups in total. The summed E-state index contributed by atoms with van der Waals surface area (Å²) in [5, 5.41) is 8.10. The number of aromatic nitrogens is 3. The van der Waals surface area contributed by atoms with Crippen molar-refractivity contribution >= 4 is 56.6 Å². The lowest BCUT2D eigenvalue weighted by molar-refractivity contribution is 0.288. The molecule has 2 aromatic heterocycles. The van der Waals surface area contributed by atoms with E-state index >= 15 is 0 Å². The van der Waals surface area contributed by atoms with E-state index in [9.17, 15) is 0 Å². The molecule has 148 valence electrons. The number of benzene rings is 3. The van der Waals surface area contributed by atoms with E-state index in [0.29, 0.717) is 33.2 Å². The van der Waals surface area contributed by atoms with E-state index in [1.165, 1.54) is 0 Å². The molecule has 5 rings (SSSR count). The first-order valence-electron chi connectivity index (χ1n) is 9.20. The molecule has 4 nitrogen and oxygen atoms in total. The lowest BCUT2D eigenvalue weighted by Gasteiger charge is -2.12. The topological polar surface area (TPSA) is 39.9 Å². The van der Waals surface area contributed by atoms with Crippen LogP contribution in [0.15, 0.2) is 72.9 Å². The minimum atomic E-state index is 0.302. The highest BCUT2D eigenvalue weighted by atomic mass is 35.5. The van der Waals surface area contributed by atoms with Gasteiger partial charge in [0, 0.05) is 16.6 Å². The maximum Gasteiger partial charge on any atom is 0.226 e. The van der Waals surface area contributed by atoms with Crippen molar-refractivity contribution in [2.24, 2.45) is 0 Å². The average molecular weight is 455 g/mol. The second kappa shape index (κ2) is 7.80. The molecule has 0 unspecified atom stereocenters. The number of hydrogen-bond donors (Lipinski definition) is 0. The monoisotopic (exact) mass is 453 g/mol. The van der Waals surface area contributed by atoms with Gasteiger partial charge in [-0.2, -0.15) is 9.78 Å². The van der Waals surface area contributed by atoms with Crippen molar-refractivity contribution in [3.63, 3.8) is 0 Å². The Bertz CT molecular complexity index is 1380. The minimum Gasteiger partial charge on any atom is -0.472 e. The van der Waals surface area contributed by atoms with Crippen LogP contribution in [0.3, 0.4) is 0 Å².